The molecule has 92 valence electrons. The Labute approximate surface area is 109 Å². The largest absolute Gasteiger partial charge is 0.382 e. The molecule has 0 bridgehead atoms. The fourth-order valence-corrected chi connectivity index (χ4v) is 2.65. The van der Waals surface area contributed by atoms with Crippen LogP contribution in [0.3, 0.4) is 0 Å². The Kier molecular flexibility index (Phi) is 8.06. The van der Waals surface area contributed by atoms with Gasteiger partial charge in [0, 0.05) is 25.1 Å². The van der Waals surface area contributed by atoms with Crippen molar-refractivity contribution in [2.75, 3.05) is 33.5 Å². The predicted molar refractivity (Wildman–Crippen MR) is 71.0 cm³/mol. The smallest absolute Gasteiger partial charge is 0.0701 e. The summed E-state index contributed by atoms with van der Waals surface area (Å²) >= 11 is 5.22. The first-order chi connectivity index (χ1) is 7.83. The third kappa shape index (κ3) is 6.60. The molecule has 0 aliphatic rings. The summed E-state index contributed by atoms with van der Waals surface area (Å²) in [6.45, 7) is 4.09. The van der Waals surface area contributed by atoms with Crippen molar-refractivity contribution in [1.29, 1.82) is 0 Å². The van der Waals surface area contributed by atoms with Gasteiger partial charge < -0.3 is 14.8 Å². The van der Waals surface area contributed by atoms with E-state index in [9.17, 15) is 0 Å². The van der Waals surface area contributed by atoms with Gasteiger partial charge in [-0.05, 0) is 41.0 Å². The van der Waals surface area contributed by atoms with E-state index in [1.807, 2.05) is 0 Å². The summed E-state index contributed by atoms with van der Waals surface area (Å²) in [7, 11) is 1.68. The SMILES string of the molecule is COCCOCCCNCc1ccc(Br)s1. The van der Waals surface area contributed by atoms with Crippen LogP contribution in [0.4, 0.5) is 0 Å². The Morgan fingerprint density at radius 2 is 2.19 bits per heavy atom. The highest BCUT2D eigenvalue weighted by atomic mass is 79.9. The first-order valence-corrected chi connectivity index (χ1v) is 6.95. The molecule has 0 amide bonds. The molecule has 3 nitrogen and oxygen atoms in total. The second-order valence-corrected chi connectivity index (χ2v) is 5.89. The zero-order valence-corrected chi connectivity index (χ0v) is 11.9. The van der Waals surface area contributed by atoms with Crippen LogP contribution in [0.1, 0.15) is 11.3 Å². The van der Waals surface area contributed by atoms with Crippen molar-refractivity contribution in [3.8, 4) is 0 Å². The zero-order valence-electron chi connectivity index (χ0n) is 9.50. The lowest BCUT2D eigenvalue weighted by Crippen LogP contribution is -2.16. The first kappa shape index (κ1) is 14.1. The lowest BCUT2D eigenvalue weighted by atomic mass is 10.4. The number of hydrogen-bond acceptors (Lipinski definition) is 4. The van der Waals surface area contributed by atoms with Crippen LogP contribution < -0.4 is 5.32 Å². The van der Waals surface area contributed by atoms with E-state index < -0.39 is 0 Å². The molecule has 0 atom stereocenters. The third-order valence-corrected chi connectivity index (χ3v) is 3.63. The van der Waals surface area contributed by atoms with Gasteiger partial charge in [0.25, 0.3) is 0 Å². The predicted octanol–water partition coefficient (Wildman–Crippen LogP) is 2.65. The maximum Gasteiger partial charge on any atom is 0.0701 e. The fraction of sp³-hybridized carbons (Fsp3) is 0.636. The molecule has 0 aromatic carbocycles. The molecule has 1 N–H and O–H groups in total. The van der Waals surface area contributed by atoms with Crippen LogP contribution in [-0.2, 0) is 16.0 Å². The molecule has 0 aliphatic heterocycles. The van der Waals surface area contributed by atoms with Gasteiger partial charge in [0.05, 0.1) is 17.0 Å². The summed E-state index contributed by atoms with van der Waals surface area (Å²) in [5.41, 5.74) is 0. The number of methoxy groups -OCH3 is 1. The fourth-order valence-electron chi connectivity index (χ4n) is 1.20. The number of halogens is 1. The van der Waals surface area contributed by atoms with Crippen LogP contribution in [0.5, 0.6) is 0 Å². The number of rotatable bonds is 9. The minimum atomic E-state index is 0.677. The van der Waals surface area contributed by atoms with E-state index in [4.69, 9.17) is 9.47 Å². The van der Waals surface area contributed by atoms with E-state index in [1.165, 1.54) is 8.66 Å². The van der Waals surface area contributed by atoms with Gasteiger partial charge in [-0.2, -0.15) is 0 Å². The van der Waals surface area contributed by atoms with E-state index in [0.29, 0.717) is 13.2 Å². The minimum Gasteiger partial charge on any atom is -0.382 e. The summed E-state index contributed by atoms with van der Waals surface area (Å²) < 4.78 is 11.4. The normalized spacial score (nSPS) is 10.9. The maximum atomic E-state index is 5.36. The Balaban J connectivity index is 1.88. The summed E-state index contributed by atoms with van der Waals surface area (Å²) in [6, 6.07) is 4.21. The lowest BCUT2D eigenvalue weighted by Gasteiger charge is -2.04. The second-order valence-electron chi connectivity index (χ2n) is 3.34. The third-order valence-electron chi connectivity index (χ3n) is 2.00. The topological polar surface area (TPSA) is 30.5 Å². The maximum absolute atomic E-state index is 5.36. The minimum absolute atomic E-state index is 0.677. The molecule has 0 radical (unpaired) electrons. The monoisotopic (exact) mass is 307 g/mol. The Morgan fingerprint density at radius 1 is 1.31 bits per heavy atom. The average molecular weight is 308 g/mol. The van der Waals surface area contributed by atoms with Crippen molar-refractivity contribution in [2.24, 2.45) is 0 Å². The number of nitrogens with one attached hydrogen (secondary N) is 1. The van der Waals surface area contributed by atoms with Gasteiger partial charge in [-0.15, -0.1) is 11.3 Å². The van der Waals surface area contributed by atoms with Gasteiger partial charge in [-0.1, -0.05) is 0 Å². The van der Waals surface area contributed by atoms with Crippen molar-refractivity contribution in [2.45, 2.75) is 13.0 Å². The molecular formula is C11H18BrNO2S. The Morgan fingerprint density at radius 3 is 2.88 bits per heavy atom. The van der Waals surface area contributed by atoms with Gasteiger partial charge in [0.15, 0.2) is 0 Å². The van der Waals surface area contributed by atoms with E-state index >= 15 is 0 Å². The molecule has 1 heterocycles. The standard InChI is InChI=1S/C11H18BrNO2S/c1-14-7-8-15-6-2-5-13-9-10-3-4-11(12)16-10/h3-4,13H,2,5-9H2,1H3. The van der Waals surface area contributed by atoms with Crippen LogP contribution >= 0.6 is 27.3 Å². The molecule has 0 spiro atoms. The summed E-state index contributed by atoms with van der Waals surface area (Å²) in [5, 5.41) is 3.38. The number of hydrogen-bond donors (Lipinski definition) is 1. The highest BCUT2D eigenvalue weighted by molar-refractivity contribution is 9.11. The van der Waals surface area contributed by atoms with Gasteiger partial charge in [-0.3, -0.25) is 0 Å². The Hall–Kier alpha value is 0.0600. The van der Waals surface area contributed by atoms with Crippen molar-refractivity contribution in [3.63, 3.8) is 0 Å². The molecule has 16 heavy (non-hydrogen) atoms. The molecule has 0 aliphatic carbocycles. The first-order valence-electron chi connectivity index (χ1n) is 5.34. The van der Waals surface area contributed by atoms with Crippen molar-refractivity contribution < 1.29 is 9.47 Å². The van der Waals surface area contributed by atoms with Crippen LogP contribution in [0.15, 0.2) is 15.9 Å². The van der Waals surface area contributed by atoms with E-state index in [1.54, 1.807) is 18.4 Å². The van der Waals surface area contributed by atoms with E-state index in [-0.39, 0.29) is 0 Å². The molecular weight excluding hydrogens is 290 g/mol. The molecule has 1 rings (SSSR count). The van der Waals surface area contributed by atoms with Crippen molar-refractivity contribution in [3.05, 3.63) is 20.8 Å². The molecule has 0 saturated heterocycles. The van der Waals surface area contributed by atoms with Crippen LogP contribution in [0, 0.1) is 0 Å². The molecule has 0 unspecified atom stereocenters. The van der Waals surface area contributed by atoms with E-state index in [2.05, 4.69) is 33.4 Å². The molecule has 0 fully saturated rings. The van der Waals surface area contributed by atoms with Gasteiger partial charge in [0.2, 0.25) is 0 Å². The highest BCUT2D eigenvalue weighted by Gasteiger charge is 1.96. The van der Waals surface area contributed by atoms with Crippen LogP contribution in [-0.4, -0.2) is 33.5 Å². The molecule has 1 aromatic rings. The van der Waals surface area contributed by atoms with Crippen LogP contribution in [0.2, 0.25) is 0 Å². The number of thiophene rings is 1. The van der Waals surface area contributed by atoms with E-state index in [0.717, 1.165) is 26.1 Å². The lowest BCUT2D eigenvalue weighted by molar-refractivity contribution is 0.0695. The van der Waals surface area contributed by atoms with Crippen LogP contribution in [0.25, 0.3) is 0 Å². The molecule has 1 aromatic heterocycles. The van der Waals surface area contributed by atoms with Gasteiger partial charge in [0.1, 0.15) is 0 Å². The highest BCUT2D eigenvalue weighted by Crippen LogP contribution is 2.21. The Bertz CT molecular complexity index is 281. The van der Waals surface area contributed by atoms with Gasteiger partial charge in [-0.25, -0.2) is 0 Å². The average Bonchev–Trinajstić information content (AvgIpc) is 2.68. The van der Waals surface area contributed by atoms with Gasteiger partial charge >= 0.3 is 0 Å². The summed E-state index contributed by atoms with van der Waals surface area (Å²) in [6.07, 6.45) is 1.04. The van der Waals surface area contributed by atoms with Crippen molar-refractivity contribution >= 4 is 27.3 Å². The summed E-state index contributed by atoms with van der Waals surface area (Å²) in [5.74, 6) is 0. The molecule has 5 heteroatoms. The number of ether oxygens (including phenoxy) is 2. The second kappa shape index (κ2) is 9.13. The quantitative estimate of drug-likeness (QED) is 0.712. The summed E-state index contributed by atoms with van der Waals surface area (Å²) in [4.78, 5) is 1.35. The molecule has 0 saturated carbocycles. The zero-order chi connectivity index (χ0) is 11.6. The van der Waals surface area contributed by atoms with Crippen molar-refractivity contribution in [1.82, 2.24) is 5.32 Å².